The molecule has 3 rings (SSSR count). The average Bonchev–Trinajstić information content (AvgIpc) is 3.21. The van der Waals surface area contributed by atoms with E-state index in [1.165, 1.54) is 12.3 Å². The summed E-state index contributed by atoms with van der Waals surface area (Å²) < 4.78 is 2.77. The summed E-state index contributed by atoms with van der Waals surface area (Å²) in [6, 6.07) is 8.48. The molecule has 0 fully saturated rings. The summed E-state index contributed by atoms with van der Waals surface area (Å²) in [6.07, 6.45) is 2.96. The number of aryl methyl sites for hydroxylation is 1. The fraction of sp³-hybridized carbons (Fsp3) is 0.222. The van der Waals surface area contributed by atoms with E-state index in [1.807, 2.05) is 31.2 Å². The maximum Gasteiger partial charge on any atom is 0.354 e. The van der Waals surface area contributed by atoms with Crippen LogP contribution in [0.3, 0.4) is 0 Å². The highest BCUT2D eigenvalue weighted by atomic mass is 35.5. The molecule has 140 valence electrons. The van der Waals surface area contributed by atoms with Gasteiger partial charge >= 0.3 is 5.97 Å². The van der Waals surface area contributed by atoms with Crippen molar-refractivity contribution < 1.29 is 14.7 Å². The number of rotatable bonds is 6. The molecule has 0 spiro atoms. The zero-order chi connectivity index (χ0) is 19.6. The Balaban J connectivity index is 1.73. The molecule has 2 heterocycles. The average molecular weight is 388 g/mol. The van der Waals surface area contributed by atoms with Gasteiger partial charge in [-0.3, -0.25) is 9.48 Å². The number of anilines is 1. The van der Waals surface area contributed by atoms with Gasteiger partial charge in [0.2, 0.25) is 5.91 Å². The Morgan fingerprint density at radius 3 is 2.81 bits per heavy atom. The standard InChI is InChI=1S/C18H18ClN5O3/c1-11-4-3-5-13(8-11)9-23-10-14(19)16(22-23)21-17(25)12(2)24-15(18(26)27)6-7-20-24/h3-8,10,12H,9H2,1-2H3,(H,26,27)(H,21,22,25). The molecule has 1 unspecified atom stereocenters. The number of aromatic carboxylic acids is 1. The predicted molar refractivity (Wildman–Crippen MR) is 100 cm³/mol. The quantitative estimate of drug-likeness (QED) is 0.677. The first-order valence-corrected chi connectivity index (χ1v) is 8.59. The Morgan fingerprint density at radius 2 is 2.11 bits per heavy atom. The number of carbonyl (C=O) groups is 2. The van der Waals surface area contributed by atoms with E-state index in [-0.39, 0.29) is 11.5 Å². The summed E-state index contributed by atoms with van der Waals surface area (Å²) >= 11 is 6.18. The van der Waals surface area contributed by atoms with Gasteiger partial charge in [-0.15, -0.1) is 0 Å². The number of hydrogen-bond donors (Lipinski definition) is 2. The maximum atomic E-state index is 12.5. The number of halogens is 1. The van der Waals surface area contributed by atoms with Crippen molar-refractivity contribution in [2.45, 2.75) is 26.4 Å². The van der Waals surface area contributed by atoms with E-state index < -0.39 is 17.9 Å². The third-order valence-electron chi connectivity index (χ3n) is 4.02. The zero-order valence-electron chi connectivity index (χ0n) is 14.8. The summed E-state index contributed by atoms with van der Waals surface area (Å²) in [5, 5.41) is 20.3. The second-order valence-corrected chi connectivity index (χ2v) is 6.55. The molecule has 2 aromatic heterocycles. The van der Waals surface area contributed by atoms with Crippen LogP contribution in [0.2, 0.25) is 5.02 Å². The molecule has 8 nitrogen and oxygen atoms in total. The topological polar surface area (TPSA) is 102 Å². The minimum atomic E-state index is -1.16. The first-order valence-electron chi connectivity index (χ1n) is 8.21. The van der Waals surface area contributed by atoms with E-state index in [0.717, 1.165) is 15.8 Å². The Hall–Kier alpha value is -3.13. The van der Waals surface area contributed by atoms with E-state index in [9.17, 15) is 9.59 Å². The van der Waals surface area contributed by atoms with Gasteiger partial charge in [-0.25, -0.2) is 9.48 Å². The first kappa shape index (κ1) is 18.7. The lowest BCUT2D eigenvalue weighted by atomic mass is 10.1. The number of nitrogens with one attached hydrogen (secondary N) is 1. The van der Waals surface area contributed by atoms with Crippen molar-refractivity contribution in [2.75, 3.05) is 5.32 Å². The minimum absolute atomic E-state index is 0.0753. The van der Waals surface area contributed by atoms with Crippen molar-refractivity contribution in [3.05, 3.63) is 64.6 Å². The Bertz CT molecular complexity index is 995. The largest absolute Gasteiger partial charge is 0.477 e. The van der Waals surface area contributed by atoms with Crippen LogP contribution < -0.4 is 5.32 Å². The van der Waals surface area contributed by atoms with Gasteiger partial charge in [0.15, 0.2) is 5.82 Å². The summed E-state index contributed by atoms with van der Waals surface area (Å²) in [5.74, 6) is -1.42. The van der Waals surface area contributed by atoms with E-state index in [4.69, 9.17) is 16.7 Å². The van der Waals surface area contributed by atoms with Gasteiger partial charge in [0, 0.05) is 12.4 Å². The van der Waals surface area contributed by atoms with Crippen molar-refractivity contribution in [2.24, 2.45) is 0 Å². The second kappa shape index (κ2) is 7.63. The number of benzene rings is 1. The van der Waals surface area contributed by atoms with E-state index in [0.29, 0.717) is 11.6 Å². The minimum Gasteiger partial charge on any atom is -0.477 e. The molecule has 1 aromatic carbocycles. The van der Waals surface area contributed by atoms with Gasteiger partial charge in [-0.2, -0.15) is 10.2 Å². The van der Waals surface area contributed by atoms with Crippen LogP contribution in [0.4, 0.5) is 5.82 Å². The van der Waals surface area contributed by atoms with E-state index in [2.05, 4.69) is 15.5 Å². The van der Waals surface area contributed by atoms with Crippen molar-refractivity contribution in [1.29, 1.82) is 0 Å². The van der Waals surface area contributed by atoms with E-state index >= 15 is 0 Å². The van der Waals surface area contributed by atoms with Gasteiger partial charge in [-0.1, -0.05) is 41.4 Å². The van der Waals surface area contributed by atoms with Gasteiger partial charge < -0.3 is 10.4 Å². The van der Waals surface area contributed by atoms with Gasteiger partial charge in [0.05, 0.1) is 6.54 Å². The van der Waals surface area contributed by atoms with Crippen molar-refractivity contribution >= 4 is 29.3 Å². The first-order chi connectivity index (χ1) is 12.8. The molecule has 2 N–H and O–H groups in total. The molecule has 1 amide bonds. The smallest absolute Gasteiger partial charge is 0.354 e. The van der Waals surface area contributed by atoms with Crippen molar-refractivity contribution in [3.8, 4) is 0 Å². The Kier molecular flexibility index (Phi) is 5.27. The highest BCUT2D eigenvalue weighted by molar-refractivity contribution is 6.33. The number of carbonyl (C=O) groups excluding carboxylic acids is 1. The van der Waals surface area contributed by atoms with E-state index in [1.54, 1.807) is 17.8 Å². The molecule has 1 atom stereocenters. The number of nitrogens with zero attached hydrogens (tertiary/aromatic N) is 4. The lowest BCUT2D eigenvalue weighted by Gasteiger charge is -2.13. The molecule has 0 aliphatic heterocycles. The summed E-state index contributed by atoms with van der Waals surface area (Å²) in [5.41, 5.74) is 2.12. The fourth-order valence-electron chi connectivity index (χ4n) is 2.68. The Labute approximate surface area is 160 Å². The SMILES string of the molecule is Cc1cccc(Cn2cc(Cl)c(NC(=O)C(C)n3nccc3C(=O)O)n2)c1. The molecular formula is C18H18ClN5O3. The monoisotopic (exact) mass is 387 g/mol. The number of aromatic nitrogens is 4. The molecule has 0 radical (unpaired) electrons. The molecule has 27 heavy (non-hydrogen) atoms. The zero-order valence-corrected chi connectivity index (χ0v) is 15.5. The third kappa shape index (κ3) is 4.17. The van der Waals surface area contributed by atoms with Crippen molar-refractivity contribution in [1.82, 2.24) is 19.6 Å². The number of hydrogen-bond acceptors (Lipinski definition) is 4. The molecule has 0 aliphatic rings. The molecule has 9 heteroatoms. The van der Waals surface area contributed by atoms with Crippen LogP contribution in [0.15, 0.2) is 42.7 Å². The van der Waals surface area contributed by atoms with Gasteiger partial charge in [0.25, 0.3) is 0 Å². The van der Waals surface area contributed by atoms with Crippen molar-refractivity contribution in [3.63, 3.8) is 0 Å². The third-order valence-corrected chi connectivity index (χ3v) is 4.30. The lowest BCUT2D eigenvalue weighted by Crippen LogP contribution is -2.27. The van der Waals surface area contributed by atoms with Crippen LogP contribution in [0.25, 0.3) is 0 Å². The lowest BCUT2D eigenvalue weighted by molar-refractivity contribution is -0.119. The molecular weight excluding hydrogens is 370 g/mol. The van der Waals surface area contributed by atoms with Crippen LogP contribution in [0, 0.1) is 6.92 Å². The molecule has 0 saturated heterocycles. The normalized spacial score (nSPS) is 12.0. The van der Waals surface area contributed by atoms with Crippen LogP contribution in [0.5, 0.6) is 0 Å². The number of carboxylic acids is 1. The van der Waals surface area contributed by atoms with Gasteiger partial charge in [-0.05, 0) is 25.5 Å². The predicted octanol–water partition coefficient (Wildman–Crippen LogP) is 2.99. The summed E-state index contributed by atoms with van der Waals surface area (Å²) in [4.78, 5) is 23.7. The number of carboxylic acid groups (broad SMARTS) is 1. The summed E-state index contributed by atoms with van der Waals surface area (Å²) in [6.45, 7) is 4.06. The number of amides is 1. The fourth-order valence-corrected chi connectivity index (χ4v) is 2.88. The molecule has 0 saturated carbocycles. The van der Waals surface area contributed by atoms with Crippen LogP contribution in [0.1, 0.15) is 34.6 Å². The Morgan fingerprint density at radius 1 is 1.33 bits per heavy atom. The van der Waals surface area contributed by atoms with Crippen LogP contribution >= 0.6 is 11.6 Å². The second-order valence-electron chi connectivity index (χ2n) is 6.14. The maximum absolute atomic E-state index is 12.5. The molecule has 0 bridgehead atoms. The van der Waals surface area contributed by atoms with Crippen LogP contribution in [-0.4, -0.2) is 36.5 Å². The molecule has 3 aromatic rings. The summed E-state index contributed by atoms with van der Waals surface area (Å²) in [7, 11) is 0. The molecule has 0 aliphatic carbocycles. The van der Waals surface area contributed by atoms with Crippen LogP contribution in [-0.2, 0) is 11.3 Å². The highest BCUT2D eigenvalue weighted by Crippen LogP contribution is 2.22. The highest BCUT2D eigenvalue weighted by Gasteiger charge is 2.23. The van der Waals surface area contributed by atoms with Gasteiger partial charge in [0.1, 0.15) is 16.8 Å².